The third-order valence-corrected chi connectivity index (χ3v) is 4.32. The highest BCUT2D eigenvalue weighted by molar-refractivity contribution is 7.10. The highest BCUT2D eigenvalue weighted by atomic mass is 32.1. The second-order valence-corrected chi connectivity index (χ2v) is 5.64. The van der Waals surface area contributed by atoms with E-state index in [4.69, 9.17) is 5.73 Å². The Balaban J connectivity index is 2.19. The van der Waals surface area contributed by atoms with Gasteiger partial charge in [0.25, 0.3) is 0 Å². The number of nitrogens with two attached hydrogens (primary N) is 1. The summed E-state index contributed by atoms with van der Waals surface area (Å²) in [6.07, 6.45) is 4.97. The lowest BCUT2D eigenvalue weighted by molar-refractivity contribution is 0.189. The molecule has 3 heteroatoms. The average molecular weight is 238 g/mol. The third-order valence-electron chi connectivity index (χ3n) is 3.38. The van der Waals surface area contributed by atoms with Crippen LogP contribution in [0.3, 0.4) is 0 Å². The van der Waals surface area contributed by atoms with Crippen LogP contribution in [0.5, 0.6) is 0 Å². The van der Waals surface area contributed by atoms with Crippen LogP contribution >= 0.6 is 11.3 Å². The van der Waals surface area contributed by atoms with E-state index in [9.17, 15) is 0 Å². The van der Waals surface area contributed by atoms with Crippen molar-refractivity contribution in [2.45, 2.75) is 44.7 Å². The largest absolute Gasteiger partial charge is 0.326 e. The van der Waals surface area contributed by atoms with E-state index >= 15 is 0 Å². The molecule has 1 aliphatic heterocycles. The van der Waals surface area contributed by atoms with Gasteiger partial charge in [-0.05, 0) is 43.8 Å². The van der Waals surface area contributed by atoms with E-state index in [0.29, 0.717) is 12.1 Å². The van der Waals surface area contributed by atoms with Crippen LogP contribution in [0.1, 0.15) is 43.5 Å². The Morgan fingerprint density at radius 2 is 2.38 bits per heavy atom. The number of hydrogen-bond donors (Lipinski definition) is 1. The first-order valence-electron chi connectivity index (χ1n) is 6.36. The van der Waals surface area contributed by atoms with Gasteiger partial charge in [-0.1, -0.05) is 19.4 Å². The summed E-state index contributed by atoms with van der Waals surface area (Å²) in [6, 6.07) is 5.15. The van der Waals surface area contributed by atoms with Crippen molar-refractivity contribution in [1.29, 1.82) is 0 Å². The lowest BCUT2D eigenvalue weighted by Gasteiger charge is -2.32. The maximum Gasteiger partial charge on any atom is 0.0593 e. The number of hydrogen-bond acceptors (Lipinski definition) is 3. The van der Waals surface area contributed by atoms with Gasteiger partial charge in [-0.2, -0.15) is 0 Å². The molecule has 2 atom stereocenters. The van der Waals surface area contributed by atoms with Gasteiger partial charge in [-0.15, -0.1) is 11.3 Å². The minimum atomic E-state index is 0.313. The van der Waals surface area contributed by atoms with Gasteiger partial charge >= 0.3 is 0 Å². The summed E-state index contributed by atoms with van der Waals surface area (Å²) in [5.74, 6) is 0. The first kappa shape index (κ1) is 12.1. The van der Waals surface area contributed by atoms with Crippen LogP contribution in [0.2, 0.25) is 0 Å². The van der Waals surface area contributed by atoms with E-state index in [-0.39, 0.29) is 0 Å². The molecule has 1 fully saturated rings. The van der Waals surface area contributed by atoms with Crippen molar-refractivity contribution in [1.82, 2.24) is 4.90 Å². The normalized spacial score (nSPS) is 27.9. The molecule has 2 nitrogen and oxygen atoms in total. The number of thiophene rings is 1. The van der Waals surface area contributed by atoms with E-state index in [1.165, 1.54) is 43.6 Å². The van der Waals surface area contributed by atoms with Crippen LogP contribution in [0, 0.1) is 0 Å². The Labute approximate surface area is 102 Å². The van der Waals surface area contributed by atoms with Crippen molar-refractivity contribution in [2.24, 2.45) is 5.73 Å². The molecule has 0 radical (unpaired) electrons. The SMILES string of the molecule is CCCN1CCCCC(N)C1c1cccs1. The zero-order valence-corrected chi connectivity index (χ0v) is 10.9. The summed E-state index contributed by atoms with van der Waals surface area (Å²) >= 11 is 1.85. The molecular formula is C13H22N2S. The molecule has 0 aliphatic carbocycles. The zero-order valence-electron chi connectivity index (χ0n) is 10.1. The Hall–Kier alpha value is -0.380. The number of nitrogens with zero attached hydrogens (tertiary/aromatic N) is 1. The molecule has 0 saturated carbocycles. The van der Waals surface area contributed by atoms with Gasteiger partial charge in [0.2, 0.25) is 0 Å². The average Bonchev–Trinajstić information content (AvgIpc) is 2.72. The molecule has 2 heterocycles. The summed E-state index contributed by atoms with van der Waals surface area (Å²) in [5, 5.41) is 2.16. The molecule has 0 spiro atoms. The molecule has 1 aliphatic rings. The first-order valence-corrected chi connectivity index (χ1v) is 7.24. The van der Waals surface area contributed by atoms with Crippen LogP contribution in [-0.4, -0.2) is 24.0 Å². The van der Waals surface area contributed by atoms with Gasteiger partial charge in [-0.3, -0.25) is 4.90 Å². The minimum absolute atomic E-state index is 0.313. The Bertz CT molecular complexity index is 297. The predicted octanol–water partition coefficient (Wildman–Crippen LogP) is 3.01. The smallest absolute Gasteiger partial charge is 0.0593 e. The molecule has 2 rings (SSSR count). The summed E-state index contributed by atoms with van der Waals surface area (Å²) < 4.78 is 0. The van der Waals surface area contributed by atoms with Gasteiger partial charge in [0.15, 0.2) is 0 Å². The number of rotatable bonds is 3. The van der Waals surface area contributed by atoms with Crippen molar-refractivity contribution in [3.63, 3.8) is 0 Å². The fourth-order valence-electron chi connectivity index (χ4n) is 2.65. The van der Waals surface area contributed by atoms with Crippen LogP contribution in [0.4, 0.5) is 0 Å². The molecule has 1 aromatic heterocycles. The van der Waals surface area contributed by atoms with Gasteiger partial charge in [0, 0.05) is 10.9 Å². The zero-order chi connectivity index (χ0) is 11.4. The van der Waals surface area contributed by atoms with E-state index < -0.39 is 0 Å². The van der Waals surface area contributed by atoms with E-state index in [2.05, 4.69) is 29.3 Å². The molecule has 2 N–H and O–H groups in total. The van der Waals surface area contributed by atoms with Crippen LogP contribution in [0.25, 0.3) is 0 Å². The Morgan fingerprint density at radius 1 is 1.50 bits per heavy atom. The third kappa shape index (κ3) is 2.65. The van der Waals surface area contributed by atoms with Crippen LogP contribution in [-0.2, 0) is 0 Å². The van der Waals surface area contributed by atoms with Crippen molar-refractivity contribution in [3.05, 3.63) is 22.4 Å². The molecule has 0 amide bonds. The topological polar surface area (TPSA) is 29.3 Å². The molecule has 2 unspecified atom stereocenters. The minimum Gasteiger partial charge on any atom is -0.326 e. The van der Waals surface area contributed by atoms with Gasteiger partial charge < -0.3 is 5.73 Å². The standard InChI is InChI=1S/C13H22N2S/c1-2-8-15-9-4-3-6-11(14)13(15)12-7-5-10-16-12/h5,7,10-11,13H,2-4,6,8-9,14H2,1H3. The van der Waals surface area contributed by atoms with Crippen LogP contribution < -0.4 is 5.73 Å². The first-order chi connectivity index (χ1) is 7.83. The van der Waals surface area contributed by atoms with Gasteiger partial charge in [-0.25, -0.2) is 0 Å². The van der Waals surface area contributed by atoms with Crippen molar-refractivity contribution in [2.75, 3.05) is 13.1 Å². The summed E-state index contributed by atoms with van der Waals surface area (Å²) in [6.45, 7) is 4.64. The molecule has 16 heavy (non-hydrogen) atoms. The Kier molecular flexibility index (Phi) is 4.38. The molecular weight excluding hydrogens is 216 g/mol. The Morgan fingerprint density at radius 3 is 3.06 bits per heavy atom. The highest BCUT2D eigenvalue weighted by Crippen LogP contribution is 2.32. The molecule has 0 aromatic carbocycles. The molecule has 0 bridgehead atoms. The quantitative estimate of drug-likeness (QED) is 0.877. The monoisotopic (exact) mass is 238 g/mol. The fourth-order valence-corrected chi connectivity index (χ4v) is 3.59. The highest BCUT2D eigenvalue weighted by Gasteiger charge is 2.28. The van der Waals surface area contributed by atoms with Crippen molar-refractivity contribution in [3.8, 4) is 0 Å². The lowest BCUT2D eigenvalue weighted by atomic mass is 10.0. The lowest BCUT2D eigenvalue weighted by Crippen LogP contribution is -2.39. The predicted molar refractivity (Wildman–Crippen MR) is 70.8 cm³/mol. The molecule has 90 valence electrons. The van der Waals surface area contributed by atoms with Crippen LogP contribution in [0.15, 0.2) is 17.5 Å². The van der Waals surface area contributed by atoms with Gasteiger partial charge in [0.1, 0.15) is 0 Å². The maximum atomic E-state index is 6.36. The summed E-state index contributed by atoms with van der Waals surface area (Å²) in [4.78, 5) is 4.03. The summed E-state index contributed by atoms with van der Waals surface area (Å²) in [7, 11) is 0. The molecule has 1 saturated heterocycles. The van der Waals surface area contributed by atoms with E-state index in [1.807, 2.05) is 11.3 Å². The second-order valence-electron chi connectivity index (χ2n) is 4.66. The number of likely N-dealkylation sites (tertiary alicyclic amines) is 1. The summed E-state index contributed by atoms with van der Waals surface area (Å²) in [5.41, 5.74) is 6.36. The fraction of sp³-hybridized carbons (Fsp3) is 0.692. The second kappa shape index (κ2) is 5.80. The van der Waals surface area contributed by atoms with E-state index in [1.54, 1.807) is 0 Å². The van der Waals surface area contributed by atoms with Crippen molar-refractivity contribution < 1.29 is 0 Å². The van der Waals surface area contributed by atoms with Crippen molar-refractivity contribution >= 4 is 11.3 Å². The maximum absolute atomic E-state index is 6.36. The van der Waals surface area contributed by atoms with Gasteiger partial charge in [0.05, 0.1) is 6.04 Å². The van der Waals surface area contributed by atoms with E-state index in [0.717, 1.165) is 0 Å². The molecule has 1 aromatic rings.